The molecule has 0 bridgehead atoms. The van der Waals surface area contributed by atoms with Crippen molar-refractivity contribution in [1.82, 2.24) is 0 Å². The zero-order chi connectivity index (χ0) is 12.3. The van der Waals surface area contributed by atoms with Crippen LogP contribution in [0, 0.1) is 6.92 Å². The van der Waals surface area contributed by atoms with Gasteiger partial charge >= 0.3 is 5.63 Å². The molecule has 0 aliphatic rings. The third-order valence-corrected chi connectivity index (χ3v) is 3.38. The summed E-state index contributed by atoms with van der Waals surface area (Å²) in [6, 6.07) is 11.2. The molecule has 0 spiro atoms. The van der Waals surface area contributed by atoms with Gasteiger partial charge < -0.3 is 9.52 Å². The van der Waals surface area contributed by atoms with Gasteiger partial charge in [0.1, 0.15) is 16.4 Å². The van der Waals surface area contributed by atoms with Gasteiger partial charge in [-0.05, 0) is 12.5 Å². The Morgan fingerprint density at radius 2 is 2.00 bits per heavy atom. The predicted octanol–water partition coefficient (Wildman–Crippen LogP) is 2.95. The zero-order valence-electron chi connectivity index (χ0n) is 9.34. The Hall–Kier alpha value is -1.68. The molecule has 0 radical (unpaired) electrons. The average molecular weight is 248 g/mol. The van der Waals surface area contributed by atoms with Gasteiger partial charge in [-0.2, -0.15) is 0 Å². The summed E-state index contributed by atoms with van der Waals surface area (Å²) in [5, 5.41) is 9.67. The third-order valence-electron chi connectivity index (χ3n) is 2.24. The molecule has 0 aliphatic carbocycles. The van der Waals surface area contributed by atoms with E-state index in [1.807, 2.05) is 30.3 Å². The Bertz CT molecular complexity index is 561. The molecule has 3 nitrogen and oxygen atoms in total. The highest BCUT2D eigenvalue weighted by Gasteiger charge is 2.10. The van der Waals surface area contributed by atoms with E-state index in [-0.39, 0.29) is 10.6 Å². The fraction of sp³-hybridized carbons (Fsp3) is 0.154. The van der Waals surface area contributed by atoms with Gasteiger partial charge in [0.15, 0.2) is 0 Å². The summed E-state index contributed by atoms with van der Waals surface area (Å²) in [5.41, 5.74) is 0.611. The van der Waals surface area contributed by atoms with Gasteiger partial charge in [0, 0.05) is 11.8 Å². The van der Waals surface area contributed by atoms with Crippen LogP contribution in [0.25, 0.3) is 0 Å². The van der Waals surface area contributed by atoms with Crippen LogP contribution in [-0.4, -0.2) is 5.11 Å². The van der Waals surface area contributed by atoms with Crippen LogP contribution < -0.4 is 5.63 Å². The molecule has 88 valence electrons. The van der Waals surface area contributed by atoms with Gasteiger partial charge in [0.2, 0.25) is 0 Å². The van der Waals surface area contributed by atoms with Crippen molar-refractivity contribution >= 4 is 11.8 Å². The molecule has 0 aliphatic heterocycles. The van der Waals surface area contributed by atoms with Crippen LogP contribution >= 0.6 is 11.8 Å². The Balaban J connectivity index is 2.18. The molecule has 2 aromatic rings. The van der Waals surface area contributed by atoms with Gasteiger partial charge in [-0.15, -0.1) is 11.8 Å². The molecule has 1 N–H and O–H groups in total. The van der Waals surface area contributed by atoms with Crippen molar-refractivity contribution in [1.29, 1.82) is 0 Å². The molecule has 2 rings (SSSR count). The highest BCUT2D eigenvalue weighted by Crippen LogP contribution is 2.28. The van der Waals surface area contributed by atoms with Crippen LogP contribution in [-0.2, 0) is 5.75 Å². The van der Waals surface area contributed by atoms with Gasteiger partial charge in [-0.3, -0.25) is 0 Å². The predicted molar refractivity (Wildman–Crippen MR) is 67.4 cm³/mol. The van der Waals surface area contributed by atoms with Crippen LogP contribution in [0.1, 0.15) is 11.3 Å². The molecular formula is C13H12O3S. The number of hydrogen-bond donors (Lipinski definition) is 1. The molecule has 0 fully saturated rings. The van der Waals surface area contributed by atoms with Gasteiger partial charge in [-0.1, -0.05) is 30.3 Å². The minimum Gasteiger partial charge on any atom is -0.506 e. The maximum absolute atomic E-state index is 11.5. The van der Waals surface area contributed by atoms with Crippen LogP contribution in [0.5, 0.6) is 5.75 Å². The number of aromatic hydroxyl groups is 1. The average Bonchev–Trinajstić information content (AvgIpc) is 2.29. The molecular weight excluding hydrogens is 236 g/mol. The number of thioether (sulfide) groups is 1. The Morgan fingerprint density at radius 1 is 1.29 bits per heavy atom. The van der Waals surface area contributed by atoms with Crippen molar-refractivity contribution in [3.8, 4) is 5.75 Å². The van der Waals surface area contributed by atoms with Crippen molar-refractivity contribution in [3.63, 3.8) is 0 Å². The molecule has 0 saturated heterocycles. The molecule has 1 aromatic heterocycles. The lowest BCUT2D eigenvalue weighted by Crippen LogP contribution is -2.03. The van der Waals surface area contributed by atoms with E-state index in [4.69, 9.17) is 4.42 Å². The smallest absolute Gasteiger partial charge is 0.353 e. The van der Waals surface area contributed by atoms with E-state index >= 15 is 0 Å². The lowest BCUT2D eigenvalue weighted by Gasteiger charge is -2.03. The molecule has 0 amide bonds. The summed E-state index contributed by atoms with van der Waals surface area (Å²) in [4.78, 5) is 11.8. The second-order valence-corrected chi connectivity index (χ2v) is 4.62. The molecule has 0 saturated carbocycles. The largest absolute Gasteiger partial charge is 0.506 e. The third kappa shape index (κ3) is 2.91. The first-order valence-corrected chi connectivity index (χ1v) is 6.16. The number of hydrogen-bond acceptors (Lipinski definition) is 4. The summed E-state index contributed by atoms with van der Waals surface area (Å²) in [7, 11) is 0. The minimum absolute atomic E-state index is 0.0142. The fourth-order valence-electron chi connectivity index (χ4n) is 1.45. The Kier molecular flexibility index (Phi) is 3.54. The van der Waals surface area contributed by atoms with Gasteiger partial charge in [0.25, 0.3) is 0 Å². The zero-order valence-corrected chi connectivity index (χ0v) is 10.2. The number of benzene rings is 1. The lowest BCUT2D eigenvalue weighted by atomic mass is 10.2. The summed E-state index contributed by atoms with van der Waals surface area (Å²) in [6.07, 6.45) is 0. The molecule has 1 heterocycles. The second-order valence-electron chi connectivity index (χ2n) is 3.63. The highest BCUT2D eigenvalue weighted by atomic mass is 32.2. The first-order chi connectivity index (χ1) is 8.16. The van der Waals surface area contributed by atoms with E-state index in [9.17, 15) is 9.90 Å². The Morgan fingerprint density at radius 3 is 2.65 bits per heavy atom. The highest BCUT2D eigenvalue weighted by molar-refractivity contribution is 7.98. The van der Waals surface area contributed by atoms with Crippen molar-refractivity contribution in [3.05, 3.63) is 58.1 Å². The van der Waals surface area contributed by atoms with Gasteiger partial charge in [-0.25, -0.2) is 4.79 Å². The minimum atomic E-state index is -0.483. The number of rotatable bonds is 3. The molecule has 1 aromatic carbocycles. The first-order valence-electron chi connectivity index (χ1n) is 5.17. The Labute approximate surface area is 103 Å². The molecule has 0 atom stereocenters. The van der Waals surface area contributed by atoms with Crippen molar-refractivity contribution < 1.29 is 9.52 Å². The normalized spacial score (nSPS) is 10.4. The topological polar surface area (TPSA) is 50.4 Å². The standard InChI is InChI=1S/C13H12O3S/c1-9-7-11(14)12(13(15)16-9)17-8-10-5-3-2-4-6-10/h2-7,14H,8H2,1H3. The summed E-state index contributed by atoms with van der Waals surface area (Å²) < 4.78 is 4.94. The lowest BCUT2D eigenvalue weighted by molar-refractivity contribution is 0.412. The quantitative estimate of drug-likeness (QED) is 0.848. The molecule has 0 unspecified atom stereocenters. The molecule has 4 heteroatoms. The SMILES string of the molecule is Cc1cc(O)c(SCc2ccccc2)c(=O)o1. The summed E-state index contributed by atoms with van der Waals surface area (Å²) in [6.45, 7) is 1.63. The first kappa shape index (κ1) is 11.8. The van der Waals surface area contributed by atoms with E-state index in [0.29, 0.717) is 11.5 Å². The molecule has 17 heavy (non-hydrogen) atoms. The van der Waals surface area contributed by atoms with E-state index < -0.39 is 5.63 Å². The fourth-order valence-corrected chi connectivity index (χ4v) is 2.32. The summed E-state index contributed by atoms with van der Waals surface area (Å²) in [5.74, 6) is 1.03. The summed E-state index contributed by atoms with van der Waals surface area (Å²) >= 11 is 1.28. The van der Waals surface area contributed by atoms with Crippen LogP contribution in [0.3, 0.4) is 0 Å². The monoisotopic (exact) mass is 248 g/mol. The van der Waals surface area contributed by atoms with Crippen LogP contribution in [0.4, 0.5) is 0 Å². The van der Waals surface area contributed by atoms with Crippen molar-refractivity contribution in [2.75, 3.05) is 0 Å². The van der Waals surface area contributed by atoms with Crippen LogP contribution in [0.15, 0.2) is 50.5 Å². The van der Waals surface area contributed by atoms with E-state index in [1.165, 1.54) is 17.8 Å². The van der Waals surface area contributed by atoms with Crippen LogP contribution in [0.2, 0.25) is 0 Å². The maximum Gasteiger partial charge on any atom is 0.353 e. The van der Waals surface area contributed by atoms with Gasteiger partial charge in [0.05, 0.1) is 0 Å². The maximum atomic E-state index is 11.5. The van der Waals surface area contributed by atoms with E-state index in [2.05, 4.69) is 0 Å². The van der Waals surface area contributed by atoms with Crippen molar-refractivity contribution in [2.24, 2.45) is 0 Å². The number of aryl methyl sites for hydroxylation is 1. The second kappa shape index (κ2) is 5.10. The van der Waals surface area contributed by atoms with Crippen molar-refractivity contribution in [2.45, 2.75) is 17.6 Å². The van der Waals surface area contributed by atoms with E-state index in [0.717, 1.165) is 5.56 Å². The van der Waals surface area contributed by atoms with E-state index in [1.54, 1.807) is 6.92 Å².